The maximum absolute atomic E-state index is 6.86. The highest BCUT2D eigenvalue weighted by Crippen LogP contribution is 2.42. The van der Waals surface area contributed by atoms with Gasteiger partial charge >= 0.3 is 0 Å². The van der Waals surface area contributed by atoms with Gasteiger partial charge in [-0.25, -0.2) is 0 Å². The van der Waals surface area contributed by atoms with Crippen LogP contribution in [0.2, 0.25) is 23.3 Å². The Morgan fingerprint density at radius 1 is 1.19 bits per heavy atom. The summed E-state index contributed by atoms with van der Waals surface area (Å²) in [5, 5.41) is 9.16. The van der Waals surface area contributed by atoms with E-state index >= 15 is 0 Å². The molecule has 2 atom stereocenters. The standard InChI is InChI=1S/C19H32ClN3O2Si/c1-13-16-18(22-21-17(13)20)23(11-12-24-16)14-9-7-8-10-15(14)25-26(5,6)19(2,3)4/h14-15H,7-12H2,1-6H3/t14-,15-/m1/s1. The number of ether oxygens (including phenoxy) is 1. The predicted octanol–water partition coefficient (Wildman–Crippen LogP) is 4.97. The Bertz CT molecular complexity index is 663. The molecule has 1 aliphatic carbocycles. The lowest BCUT2D eigenvalue weighted by Crippen LogP contribution is -2.55. The van der Waals surface area contributed by atoms with Crippen molar-refractivity contribution in [1.82, 2.24) is 10.2 Å². The summed E-state index contributed by atoms with van der Waals surface area (Å²) in [6.07, 6.45) is 4.95. The first-order valence-corrected chi connectivity index (χ1v) is 13.0. The second-order valence-corrected chi connectivity index (χ2v) is 14.2. The van der Waals surface area contributed by atoms with Gasteiger partial charge in [0, 0.05) is 5.56 Å². The molecule has 2 aliphatic rings. The van der Waals surface area contributed by atoms with E-state index in [-0.39, 0.29) is 11.1 Å². The molecule has 5 nitrogen and oxygen atoms in total. The van der Waals surface area contributed by atoms with Crippen LogP contribution in [0.1, 0.15) is 52.0 Å². The quantitative estimate of drug-likeness (QED) is 0.674. The summed E-state index contributed by atoms with van der Waals surface area (Å²) in [5.74, 6) is 1.61. The van der Waals surface area contributed by atoms with Gasteiger partial charge in [-0.05, 0) is 37.9 Å². The van der Waals surface area contributed by atoms with E-state index in [4.69, 9.17) is 20.8 Å². The molecule has 26 heavy (non-hydrogen) atoms. The molecule has 0 bridgehead atoms. The molecule has 2 heterocycles. The fourth-order valence-corrected chi connectivity index (χ4v) is 5.14. The zero-order valence-electron chi connectivity index (χ0n) is 16.9. The van der Waals surface area contributed by atoms with E-state index < -0.39 is 8.32 Å². The van der Waals surface area contributed by atoms with Crippen LogP contribution in [0.3, 0.4) is 0 Å². The zero-order chi connectivity index (χ0) is 19.1. The molecule has 7 heteroatoms. The SMILES string of the molecule is Cc1c(Cl)nnc2c1OCCN2[C@@H]1CCCC[C@H]1O[Si](C)(C)C(C)(C)C. The Morgan fingerprint density at radius 2 is 1.88 bits per heavy atom. The van der Waals surface area contributed by atoms with Crippen molar-refractivity contribution in [2.75, 3.05) is 18.1 Å². The van der Waals surface area contributed by atoms with Gasteiger partial charge in [0.25, 0.3) is 0 Å². The second kappa shape index (κ2) is 7.28. The van der Waals surface area contributed by atoms with Crippen LogP contribution in [0, 0.1) is 6.92 Å². The zero-order valence-corrected chi connectivity index (χ0v) is 18.7. The van der Waals surface area contributed by atoms with Crippen LogP contribution in [-0.4, -0.2) is 43.8 Å². The van der Waals surface area contributed by atoms with Crippen LogP contribution in [0.25, 0.3) is 0 Å². The third-order valence-electron chi connectivity index (χ3n) is 6.26. The Morgan fingerprint density at radius 3 is 2.58 bits per heavy atom. The van der Waals surface area contributed by atoms with Crippen LogP contribution in [0.5, 0.6) is 5.75 Å². The fraction of sp³-hybridized carbons (Fsp3) is 0.789. The molecule has 0 radical (unpaired) electrons. The summed E-state index contributed by atoms with van der Waals surface area (Å²) in [5.41, 5.74) is 0.874. The molecule has 0 N–H and O–H groups in total. The maximum atomic E-state index is 6.86. The number of halogens is 1. The van der Waals surface area contributed by atoms with E-state index in [9.17, 15) is 0 Å². The van der Waals surface area contributed by atoms with Crippen molar-refractivity contribution >= 4 is 25.7 Å². The van der Waals surface area contributed by atoms with Crippen molar-refractivity contribution in [2.45, 2.75) is 83.7 Å². The van der Waals surface area contributed by atoms with Crippen molar-refractivity contribution in [3.8, 4) is 5.75 Å². The van der Waals surface area contributed by atoms with Gasteiger partial charge in [0.1, 0.15) is 6.61 Å². The van der Waals surface area contributed by atoms with Crippen LogP contribution >= 0.6 is 11.6 Å². The third kappa shape index (κ3) is 3.73. The fourth-order valence-electron chi connectivity index (χ4n) is 3.64. The van der Waals surface area contributed by atoms with Crippen LogP contribution in [0.4, 0.5) is 5.82 Å². The lowest BCUT2D eigenvalue weighted by Gasteiger charge is -2.47. The van der Waals surface area contributed by atoms with Gasteiger partial charge in [0.05, 0.1) is 18.7 Å². The molecule has 1 fully saturated rings. The van der Waals surface area contributed by atoms with Crippen molar-refractivity contribution in [1.29, 1.82) is 0 Å². The second-order valence-electron chi connectivity index (χ2n) is 9.08. The van der Waals surface area contributed by atoms with Gasteiger partial charge in [-0.15, -0.1) is 10.2 Å². The molecule has 0 saturated heterocycles. The number of aromatic nitrogens is 2. The third-order valence-corrected chi connectivity index (χ3v) is 11.1. The molecular weight excluding hydrogens is 366 g/mol. The first kappa shape index (κ1) is 19.9. The molecule has 1 aromatic heterocycles. The number of nitrogens with zero attached hydrogens (tertiary/aromatic N) is 3. The number of anilines is 1. The highest BCUT2D eigenvalue weighted by molar-refractivity contribution is 6.74. The van der Waals surface area contributed by atoms with Gasteiger partial charge in [0.15, 0.2) is 25.0 Å². The minimum Gasteiger partial charge on any atom is -0.487 e. The normalized spacial score (nSPS) is 24.2. The summed E-state index contributed by atoms with van der Waals surface area (Å²) in [7, 11) is -1.82. The molecule has 1 aromatic rings. The molecule has 1 saturated carbocycles. The maximum Gasteiger partial charge on any atom is 0.194 e. The molecule has 146 valence electrons. The van der Waals surface area contributed by atoms with Gasteiger partial charge in [-0.3, -0.25) is 0 Å². The average Bonchev–Trinajstić information content (AvgIpc) is 2.57. The summed E-state index contributed by atoms with van der Waals surface area (Å²) in [6, 6.07) is 0.329. The van der Waals surface area contributed by atoms with E-state index in [0.717, 1.165) is 36.5 Å². The molecule has 0 spiro atoms. The van der Waals surface area contributed by atoms with E-state index in [0.29, 0.717) is 17.8 Å². The monoisotopic (exact) mass is 397 g/mol. The average molecular weight is 398 g/mol. The molecule has 0 unspecified atom stereocenters. The van der Waals surface area contributed by atoms with Crippen molar-refractivity contribution < 1.29 is 9.16 Å². The number of hydrogen-bond acceptors (Lipinski definition) is 5. The summed E-state index contributed by atoms with van der Waals surface area (Å²) >= 11 is 6.15. The molecule has 3 rings (SSSR count). The number of rotatable bonds is 3. The highest BCUT2D eigenvalue weighted by atomic mass is 35.5. The largest absolute Gasteiger partial charge is 0.487 e. The Labute approximate surface area is 163 Å². The highest BCUT2D eigenvalue weighted by Gasteiger charge is 2.43. The lowest BCUT2D eigenvalue weighted by molar-refractivity contribution is 0.108. The number of hydrogen-bond donors (Lipinski definition) is 0. The first-order valence-electron chi connectivity index (χ1n) is 9.72. The van der Waals surface area contributed by atoms with Crippen molar-refractivity contribution in [3.63, 3.8) is 0 Å². The minimum atomic E-state index is -1.82. The van der Waals surface area contributed by atoms with E-state index in [1.54, 1.807) is 0 Å². The Balaban J connectivity index is 1.89. The Hall–Kier alpha value is -0.853. The molecule has 0 aromatic carbocycles. The summed E-state index contributed by atoms with van der Waals surface area (Å²) < 4.78 is 12.7. The van der Waals surface area contributed by atoms with Crippen LogP contribution in [-0.2, 0) is 4.43 Å². The Kier molecular flexibility index (Phi) is 5.57. The smallest absolute Gasteiger partial charge is 0.194 e. The minimum absolute atomic E-state index is 0.210. The summed E-state index contributed by atoms with van der Waals surface area (Å²) in [4.78, 5) is 2.37. The molecular formula is C19H32ClN3O2Si. The van der Waals surface area contributed by atoms with Gasteiger partial charge < -0.3 is 14.1 Å². The van der Waals surface area contributed by atoms with Crippen LogP contribution in [0.15, 0.2) is 0 Å². The van der Waals surface area contributed by atoms with Gasteiger partial charge in [-0.1, -0.05) is 45.2 Å². The molecule has 0 amide bonds. The van der Waals surface area contributed by atoms with Crippen molar-refractivity contribution in [2.24, 2.45) is 0 Å². The van der Waals surface area contributed by atoms with E-state index in [1.165, 1.54) is 12.8 Å². The molecule has 1 aliphatic heterocycles. The van der Waals surface area contributed by atoms with Crippen LogP contribution < -0.4 is 9.64 Å². The van der Waals surface area contributed by atoms with Gasteiger partial charge in [0.2, 0.25) is 0 Å². The topological polar surface area (TPSA) is 47.5 Å². The first-order chi connectivity index (χ1) is 12.1. The van der Waals surface area contributed by atoms with E-state index in [2.05, 4.69) is 49.0 Å². The predicted molar refractivity (Wildman–Crippen MR) is 109 cm³/mol. The van der Waals surface area contributed by atoms with Gasteiger partial charge in [-0.2, -0.15) is 0 Å². The van der Waals surface area contributed by atoms with Crippen molar-refractivity contribution in [3.05, 3.63) is 10.7 Å². The lowest BCUT2D eigenvalue weighted by atomic mass is 9.91. The summed E-state index contributed by atoms with van der Waals surface area (Å²) in [6.45, 7) is 15.0. The van der Waals surface area contributed by atoms with E-state index in [1.807, 2.05) is 6.92 Å². The number of fused-ring (bicyclic) bond motifs is 1.